The topological polar surface area (TPSA) is 54.0 Å². The lowest BCUT2D eigenvalue weighted by atomic mass is 9.97. The van der Waals surface area contributed by atoms with Gasteiger partial charge in [-0.05, 0) is 12.1 Å². The second-order valence-electron chi connectivity index (χ2n) is 6.05. The molecule has 0 spiro atoms. The molecule has 2 unspecified atom stereocenters. The Bertz CT molecular complexity index is 496. The third kappa shape index (κ3) is 4.89. The fourth-order valence-corrected chi connectivity index (χ4v) is 4.29. The number of rotatable bonds is 5. The first-order valence-corrected chi connectivity index (χ1v) is 10.5. The van der Waals surface area contributed by atoms with Gasteiger partial charge in [-0.25, -0.2) is 4.79 Å². The molecule has 0 aromatic heterocycles. The van der Waals surface area contributed by atoms with Gasteiger partial charge in [0.25, 0.3) is 5.85 Å². The lowest BCUT2D eigenvalue weighted by Crippen LogP contribution is -2.33. The molecule has 1 fully saturated rings. The molecule has 7 heteroatoms. The maximum atomic E-state index is 11.9. The SMILES string of the molecule is CC(OC(=O)COc1ccccc1)[P+]1(P)OCC(C)(C)CO1. The molecule has 2 atom stereocenters. The summed E-state index contributed by atoms with van der Waals surface area (Å²) in [4.78, 5) is 11.9. The van der Waals surface area contributed by atoms with Crippen LogP contribution in [0.3, 0.4) is 0 Å². The van der Waals surface area contributed by atoms with Crippen molar-refractivity contribution in [1.82, 2.24) is 0 Å². The molecular weight excluding hydrogens is 322 g/mol. The van der Waals surface area contributed by atoms with E-state index in [9.17, 15) is 4.79 Å². The third-order valence-corrected chi connectivity index (χ3v) is 7.56. The first-order chi connectivity index (χ1) is 10.3. The number of ether oxygens (including phenoxy) is 2. The van der Waals surface area contributed by atoms with Crippen LogP contribution in [-0.2, 0) is 18.6 Å². The molecule has 1 aliphatic rings. The predicted octanol–water partition coefficient (Wildman–Crippen LogP) is 3.67. The maximum Gasteiger partial charge on any atom is 0.347 e. The summed E-state index contributed by atoms with van der Waals surface area (Å²) in [6.45, 7) is 6.99. The van der Waals surface area contributed by atoms with Gasteiger partial charge < -0.3 is 9.47 Å². The summed E-state index contributed by atoms with van der Waals surface area (Å²) in [7, 11) is 0.340. The molecule has 5 nitrogen and oxygen atoms in total. The van der Waals surface area contributed by atoms with E-state index >= 15 is 0 Å². The van der Waals surface area contributed by atoms with Gasteiger partial charge in [0.05, 0.1) is 8.93 Å². The van der Waals surface area contributed by atoms with Crippen molar-refractivity contribution >= 4 is 22.3 Å². The van der Waals surface area contributed by atoms with Crippen molar-refractivity contribution < 1.29 is 23.3 Å². The molecule has 122 valence electrons. The second-order valence-corrected chi connectivity index (χ2v) is 10.7. The van der Waals surface area contributed by atoms with Gasteiger partial charge in [-0.2, -0.15) is 9.05 Å². The molecule has 0 bridgehead atoms. The van der Waals surface area contributed by atoms with E-state index in [4.69, 9.17) is 18.5 Å². The van der Waals surface area contributed by atoms with Crippen LogP contribution in [0.15, 0.2) is 30.3 Å². The lowest BCUT2D eigenvalue weighted by Gasteiger charge is -2.35. The standard InChI is InChI=1S/C15H23O5P2/c1-12(22(21)18-10-15(2,3)11-19-22)20-14(16)9-17-13-7-5-4-6-8-13/h4-8,12H,9-11,21H2,1-3H3/q+1. The normalized spacial score (nSPS) is 20.9. The van der Waals surface area contributed by atoms with E-state index in [-0.39, 0.29) is 12.0 Å². The molecule has 22 heavy (non-hydrogen) atoms. The largest absolute Gasteiger partial charge is 0.482 e. The van der Waals surface area contributed by atoms with Crippen LogP contribution in [0, 0.1) is 5.41 Å². The Hall–Kier alpha value is -0.730. The zero-order chi connectivity index (χ0) is 16.2. The van der Waals surface area contributed by atoms with E-state index in [0.717, 1.165) is 0 Å². The summed E-state index contributed by atoms with van der Waals surface area (Å²) in [6, 6.07) is 9.15. The zero-order valence-electron chi connectivity index (χ0n) is 13.2. The molecule has 1 aromatic carbocycles. The van der Waals surface area contributed by atoms with Crippen molar-refractivity contribution in [2.75, 3.05) is 19.8 Å². The smallest absolute Gasteiger partial charge is 0.347 e. The number of carbonyl (C=O) groups excluding carboxylic acids is 1. The molecule has 0 radical (unpaired) electrons. The summed E-state index contributed by atoms with van der Waals surface area (Å²) >= 11 is 0. The monoisotopic (exact) mass is 345 g/mol. The van der Waals surface area contributed by atoms with Gasteiger partial charge in [-0.15, -0.1) is 0 Å². The number of esters is 1. The minimum absolute atomic E-state index is 0.0137. The van der Waals surface area contributed by atoms with E-state index in [1.165, 1.54) is 0 Å². The van der Waals surface area contributed by atoms with Crippen LogP contribution >= 0.6 is 16.3 Å². The molecule has 0 N–H and O–H groups in total. The number of benzene rings is 1. The molecule has 0 aliphatic carbocycles. The number of carbonyl (C=O) groups is 1. The Kier molecular flexibility index (Phi) is 5.79. The van der Waals surface area contributed by atoms with Crippen molar-refractivity contribution in [3.8, 4) is 5.75 Å². The molecule has 0 saturated carbocycles. The summed E-state index contributed by atoms with van der Waals surface area (Å²) in [5.74, 6) is -0.245. The Balaban J connectivity index is 1.81. The van der Waals surface area contributed by atoms with Gasteiger partial charge in [0.15, 0.2) is 6.61 Å². The Morgan fingerprint density at radius 1 is 1.32 bits per heavy atom. The van der Waals surface area contributed by atoms with Crippen molar-refractivity contribution in [1.29, 1.82) is 0 Å². The van der Waals surface area contributed by atoms with Gasteiger partial charge in [-0.1, -0.05) is 32.0 Å². The lowest BCUT2D eigenvalue weighted by molar-refractivity contribution is -0.148. The van der Waals surface area contributed by atoms with Crippen molar-refractivity contribution in [2.24, 2.45) is 5.41 Å². The van der Waals surface area contributed by atoms with Crippen LogP contribution in [0.4, 0.5) is 0 Å². The molecule has 1 aromatic rings. The third-order valence-electron chi connectivity index (χ3n) is 3.22. The fraction of sp³-hybridized carbons (Fsp3) is 0.533. The molecule has 1 aliphatic heterocycles. The predicted molar refractivity (Wildman–Crippen MR) is 89.8 cm³/mol. The first-order valence-electron chi connectivity index (χ1n) is 7.14. The summed E-state index contributed by atoms with van der Waals surface area (Å²) in [5.41, 5.74) is -0.0137. The quantitative estimate of drug-likeness (QED) is 0.602. The van der Waals surface area contributed by atoms with E-state index in [0.29, 0.717) is 19.0 Å². The molecular formula is C15H23O5P2+. The zero-order valence-corrected chi connectivity index (χ0v) is 15.2. The average Bonchev–Trinajstić information content (AvgIpc) is 2.49. The van der Waals surface area contributed by atoms with Crippen LogP contribution in [0.25, 0.3) is 0 Å². The van der Waals surface area contributed by atoms with Crippen molar-refractivity contribution in [3.05, 3.63) is 30.3 Å². The minimum Gasteiger partial charge on any atom is -0.482 e. The van der Waals surface area contributed by atoms with Crippen molar-refractivity contribution in [3.63, 3.8) is 0 Å². The van der Waals surface area contributed by atoms with Crippen molar-refractivity contribution in [2.45, 2.75) is 26.6 Å². The second kappa shape index (κ2) is 7.23. The van der Waals surface area contributed by atoms with E-state index < -0.39 is 19.2 Å². The van der Waals surface area contributed by atoms with Gasteiger partial charge in [0, 0.05) is 12.3 Å². The minimum atomic E-state index is -2.27. The van der Waals surface area contributed by atoms with Gasteiger partial charge >= 0.3 is 13.4 Å². The molecule has 1 heterocycles. The van der Waals surface area contributed by atoms with E-state index in [1.807, 2.05) is 18.2 Å². The molecule has 2 rings (SSSR count). The van der Waals surface area contributed by atoms with E-state index in [1.54, 1.807) is 19.1 Å². The number of hydrogen-bond donors (Lipinski definition) is 0. The Morgan fingerprint density at radius 2 is 1.91 bits per heavy atom. The average molecular weight is 345 g/mol. The Labute approximate surface area is 134 Å². The summed E-state index contributed by atoms with van der Waals surface area (Å²) < 4.78 is 22.4. The molecule has 0 amide bonds. The van der Waals surface area contributed by atoms with Crippen LogP contribution < -0.4 is 4.74 Å². The summed E-state index contributed by atoms with van der Waals surface area (Å²) in [5, 5.41) is 0. The fourth-order valence-electron chi connectivity index (χ4n) is 1.80. The molecule has 1 saturated heterocycles. The van der Waals surface area contributed by atoms with Crippen LogP contribution in [0.5, 0.6) is 5.75 Å². The first kappa shape index (κ1) is 17.6. The van der Waals surface area contributed by atoms with Crippen LogP contribution in [0.1, 0.15) is 20.8 Å². The highest BCUT2D eigenvalue weighted by Gasteiger charge is 2.52. The number of para-hydroxylation sites is 1. The van der Waals surface area contributed by atoms with Gasteiger partial charge in [-0.3, -0.25) is 0 Å². The van der Waals surface area contributed by atoms with Crippen LogP contribution in [0.2, 0.25) is 0 Å². The Morgan fingerprint density at radius 3 is 2.50 bits per heavy atom. The van der Waals surface area contributed by atoms with Gasteiger partial charge in [0.2, 0.25) is 0 Å². The maximum absolute atomic E-state index is 11.9. The van der Waals surface area contributed by atoms with Gasteiger partial charge in [0.1, 0.15) is 19.0 Å². The number of hydrogen-bond acceptors (Lipinski definition) is 5. The highest BCUT2D eigenvalue weighted by atomic mass is 32.1. The van der Waals surface area contributed by atoms with E-state index in [2.05, 4.69) is 22.8 Å². The van der Waals surface area contributed by atoms with Crippen LogP contribution in [-0.4, -0.2) is 31.6 Å². The highest BCUT2D eigenvalue weighted by molar-refractivity contribution is 8.19. The summed E-state index contributed by atoms with van der Waals surface area (Å²) in [6.07, 6.45) is 0. The highest BCUT2D eigenvalue weighted by Crippen LogP contribution is 2.74.